The number of unbranched alkanes of at least 4 members (excludes halogenated alkanes) is 64. The molecular weight excluding hydrogens is 1250 g/mol. The van der Waals surface area contributed by atoms with Crippen LogP contribution in [0.2, 0.25) is 0 Å². The first kappa shape index (κ1) is 97.6. The Hall–Kier alpha value is -2.43. The van der Waals surface area contributed by atoms with Crippen LogP contribution in [-0.4, -0.2) is 4.70 Å². The minimum absolute atomic E-state index is 0. The zero-order chi connectivity index (χ0) is 71.5. The topological polar surface area (TPSA) is 25.3 Å². The van der Waals surface area contributed by atoms with Crippen molar-refractivity contribution < 1.29 is 21.2 Å². The predicted octanol–water partition coefficient (Wildman–Crippen LogP) is 34.6. The maximum Gasteiger partial charge on any atom is 2.00 e. The van der Waals surface area contributed by atoms with E-state index in [1.54, 1.807) is 0 Å². The Kier molecular flexibility index (Phi) is 77.2. The second kappa shape index (κ2) is 79.1. The molecule has 2 aromatic rings. The summed E-state index contributed by atoms with van der Waals surface area (Å²) in [5.74, 6) is 6.83. The van der Waals surface area contributed by atoms with E-state index in [-0.39, 0.29) is 16.5 Å². The monoisotopic (exact) mass is 1420 g/mol. The number of benzene rings is 2. The van der Waals surface area contributed by atoms with E-state index in [0.717, 1.165) is 78.6 Å². The fourth-order valence-corrected chi connectivity index (χ4v) is 14.7. The van der Waals surface area contributed by atoms with Crippen molar-refractivity contribution in [3.63, 3.8) is 0 Å². The number of rotatable bonds is 70. The molecule has 0 N–H and O–H groups in total. The summed E-state index contributed by atoms with van der Waals surface area (Å²) in [6.07, 6.45) is 99.7. The van der Waals surface area contributed by atoms with Gasteiger partial charge in [-0.05, 0) is 74.4 Å². The Bertz CT molecular complexity index is 2010. The molecule has 0 amide bonds. The third kappa shape index (κ3) is 59.8. The summed E-state index contributed by atoms with van der Waals surface area (Å²) in [4.78, 5) is 0. The molecule has 2 aromatic carbocycles. The summed E-state index contributed by atoms with van der Waals surface area (Å²) in [7, 11) is 0. The molecule has 0 radical (unpaired) electrons. The second-order valence-corrected chi connectivity index (χ2v) is 31.2. The fraction of sp³-hybridized carbons (Fsp3) is 0.794. The SMILES string of the molecule is CCCCC#CC1=C(c2ccc(CCCCCCCC)cc2)[N+](=[N-])C(c2ccc(CCCCCCCC)cc2)=C1C.[CH2-]CCCCCCCCCCCCCCCCCCCCCCCCCCCC.[CH2-]CCCCCCCCCCCCCCCCCCCCCCCCCCCC.[Ni+2]. The molecule has 3 rings (SSSR count). The van der Waals surface area contributed by atoms with Crippen LogP contribution in [0.4, 0.5) is 0 Å². The van der Waals surface area contributed by atoms with Crippen LogP contribution >= 0.6 is 0 Å². The van der Waals surface area contributed by atoms with Gasteiger partial charge in [0.05, 0.1) is 0 Å². The van der Waals surface area contributed by atoms with Gasteiger partial charge in [-0.3, -0.25) is 0 Å². The van der Waals surface area contributed by atoms with E-state index >= 15 is 0 Å². The van der Waals surface area contributed by atoms with Crippen molar-refractivity contribution in [2.45, 2.75) is 497 Å². The van der Waals surface area contributed by atoms with Gasteiger partial charge in [-0.25, -0.2) is 4.70 Å². The molecule has 0 unspecified atom stereocenters. The molecule has 1 aliphatic heterocycles. The first-order valence-electron chi connectivity index (χ1n) is 45.1. The van der Waals surface area contributed by atoms with E-state index in [0.29, 0.717) is 0 Å². The first-order valence-corrected chi connectivity index (χ1v) is 45.1. The van der Waals surface area contributed by atoms with Gasteiger partial charge in [0.15, 0.2) is 0 Å². The molecule has 0 spiro atoms. The molecule has 0 saturated carbocycles. The molecule has 0 fully saturated rings. The maximum atomic E-state index is 11.6. The molecule has 0 saturated heterocycles. The molecule has 580 valence electrons. The molecule has 1 heterocycles. The van der Waals surface area contributed by atoms with Crippen LogP contribution in [0, 0.1) is 25.7 Å². The number of aryl methyl sites for hydroxylation is 2. The largest absolute Gasteiger partial charge is 2.00 e. The number of nitrogens with zero attached hydrogens (tertiary/aromatic N) is 2. The quantitative estimate of drug-likeness (QED) is 0.0207. The van der Waals surface area contributed by atoms with E-state index in [1.165, 1.54) is 427 Å². The summed E-state index contributed by atoms with van der Waals surface area (Å²) in [6, 6.07) is 17.6. The molecule has 1 aliphatic rings. The molecule has 0 bridgehead atoms. The van der Waals surface area contributed by atoms with Gasteiger partial charge >= 0.3 is 16.5 Å². The number of allylic oxidation sites excluding steroid dienone is 2. The summed E-state index contributed by atoms with van der Waals surface area (Å²) >= 11 is 0. The Morgan fingerprint density at radius 1 is 0.270 bits per heavy atom. The van der Waals surface area contributed by atoms with Crippen molar-refractivity contribution in [3.8, 4) is 11.8 Å². The van der Waals surface area contributed by atoms with Crippen molar-refractivity contribution in [2.24, 2.45) is 0 Å². The molecule has 0 aromatic heterocycles. The van der Waals surface area contributed by atoms with Gasteiger partial charge in [-0.15, -0.1) is 0 Å². The van der Waals surface area contributed by atoms with E-state index < -0.39 is 0 Å². The van der Waals surface area contributed by atoms with Gasteiger partial charge in [0.25, 0.3) is 0 Å². The zero-order valence-electron chi connectivity index (χ0n) is 68.4. The van der Waals surface area contributed by atoms with Crippen molar-refractivity contribution >= 4 is 11.4 Å². The fourth-order valence-electron chi connectivity index (χ4n) is 14.7. The van der Waals surface area contributed by atoms with E-state index in [2.05, 4.69) is 116 Å². The Labute approximate surface area is 639 Å². The van der Waals surface area contributed by atoms with Gasteiger partial charge in [-0.2, -0.15) is 12.8 Å². The number of hydrogen-bond acceptors (Lipinski definition) is 0. The first-order chi connectivity index (χ1) is 48.9. The smallest absolute Gasteiger partial charge is 0.493 e. The number of hydrogen-bond donors (Lipinski definition) is 0. The summed E-state index contributed by atoms with van der Waals surface area (Å²) in [5, 5.41) is 0. The van der Waals surface area contributed by atoms with Crippen molar-refractivity contribution in [2.75, 3.05) is 0 Å². The van der Waals surface area contributed by atoms with Gasteiger partial charge in [0.1, 0.15) is 5.57 Å². The molecular formula is C97H172N2Ni. The normalized spacial score (nSPS) is 12.0. The van der Waals surface area contributed by atoms with Crippen LogP contribution in [0.25, 0.3) is 16.9 Å². The van der Waals surface area contributed by atoms with Gasteiger partial charge in [0, 0.05) is 23.1 Å². The van der Waals surface area contributed by atoms with E-state index in [9.17, 15) is 5.53 Å². The molecule has 2 nitrogen and oxygen atoms in total. The summed E-state index contributed by atoms with van der Waals surface area (Å²) < 4.78 is 1.39. The molecule has 0 atom stereocenters. The summed E-state index contributed by atoms with van der Waals surface area (Å²) in [6.45, 7) is 21.3. The van der Waals surface area contributed by atoms with E-state index in [4.69, 9.17) is 0 Å². The average molecular weight is 1430 g/mol. The minimum atomic E-state index is 0. The zero-order valence-corrected chi connectivity index (χ0v) is 69.4. The molecule has 3 heteroatoms. The van der Waals surface area contributed by atoms with Crippen molar-refractivity contribution in [1.82, 2.24) is 0 Å². The summed E-state index contributed by atoms with van der Waals surface area (Å²) in [5.41, 5.74) is 20.0. The molecule has 0 aliphatic carbocycles. The van der Waals surface area contributed by atoms with E-state index in [1.807, 2.05) is 0 Å². The van der Waals surface area contributed by atoms with Crippen molar-refractivity contribution in [3.05, 3.63) is 101 Å². The van der Waals surface area contributed by atoms with Crippen LogP contribution in [-0.2, 0) is 29.3 Å². The minimum Gasteiger partial charge on any atom is -0.493 e. The Morgan fingerprint density at radius 3 is 0.690 bits per heavy atom. The van der Waals surface area contributed by atoms with Gasteiger partial charge in [0.2, 0.25) is 11.4 Å². The van der Waals surface area contributed by atoms with Crippen LogP contribution in [0.3, 0.4) is 0 Å². The van der Waals surface area contributed by atoms with Gasteiger partial charge in [-0.1, -0.05) is 475 Å². The standard InChI is InChI=1S/C39H54N2.2C29H59.Ni/c1-5-8-11-14-16-18-21-33-24-28-35(29-25-33)38-32(4)37(23-20-13-10-7-3)39(41(38)40)36-30-26-34(27-31-36)22-19-17-15-12-9-6-2;2*1-3-5-7-9-11-13-15-17-19-21-23-25-27-29-28-26-24-22-20-18-16-14-12-10-8-6-4-2;/h24-31H,5-19,21-22H2,1-4H3;2*1,3-29H2,2H3;/q;2*-1;+2. The van der Waals surface area contributed by atoms with Crippen molar-refractivity contribution in [1.29, 1.82) is 0 Å². The maximum absolute atomic E-state index is 11.6. The van der Waals surface area contributed by atoms with Crippen LogP contribution in [0.1, 0.15) is 507 Å². The average Bonchev–Trinajstić information content (AvgIpc) is 1.62. The molecule has 100 heavy (non-hydrogen) atoms. The Morgan fingerprint density at radius 2 is 0.470 bits per heavy atom. The predicted molar refractivity (Wildman–Crippen MR) is 449 cm³/mol. The van der Waals surface area contributed by atoms with Crippen LogP contribution in [0.15, 0.2) is 59.7 Å². The third-order valence-corrected chi connectivity index (χ3v) is 21.6. The third-order valence-electron chi connectivity index (χ3n) is 21.6. The van der Waals surface area contributed by atoms with Crippen LogP contribution < -0.4 is 0 Å². The van der Waals surface area contributed by atoms with Gasteiger partial charge < -0.3 is 19.4 Å². The van der Waals surface area contributed by atoms with Crippen LogP contribution in [0.5, 0.6) is 0 Å². The Balaban J connectivity index is 0.00000150. The second-order valence-electron chi connectivity index (χ2n) is 31.2.